The Hall–Kier alpha value is -0.300. The molecular weight excluding hydrogens is 172 g/mol. The summed E-state index contributed by atoms with van der Waals surface area (Å²) < 4.78 is 5.00. The Labute approximate surface area is 89.5 Å². The van der Waals surface area contributed by atoms with Gasteiger partial charge in [-0.3, -0.25) is 0 Å². The summed E-state index contributed by atoms with van der Waals surface area (Å²) in [6, 6.07) is 0. The Balaban J connectivity index is 2.81. The molecule has 0 radical (unpaired) electrons. The largest absolute Gasteiger partial charge is 0.385 e. The second-order valence-electron chi connectivity index (χ2n) is 3.90. The fourth-order valence-corrected chi connectivity index (χ4v) is 1.60. The number of methoxy groups -OCH3 is 1. The highest BCUT2D eigenvalue weighted by molar-refractivity contribution is 4.65. The fourth-order valence-electron chi connectivity index (χ4n) is 1.60. The Bertz CT molecular complexity index is 110. The van der Waals surface area contributed by atoms with E-state index in [1.165, 1.54) is 57.8 Å². The van der Waals surface area contributed by atoms with Crippen molar-refractivity contribution in [2.75, 3.05) is 13.7 Å². The van der Waals surface area contributed by atoms with Gasteiger partial charge in [0.15, 0.2) is 0 Å². The second-order valence-corrected chi connectivity index (χ2v) is 3.90. The van der Waals surface area contributed by atoms with Crippen LogP contribution >= 0.6 is 0 Å². The summed E-state index contributed by atoms with van der Waals surface area (Å²) in [5, 5.41) is 0. The topological polar surface area (TPSA) is 9.23 Å². The van der Waals surface area contributed by atoms with Crippen molar-refractivity contribution in [1.82, 2.24) is 0 Å². The third-order valence-corrected chi connectivity index (χ3v) is 2.51. The molecule has 0 N–H and O–H groups in total. The minimum Gasteiger partial charge on any atom is -0.385 e. The van der Waals surface area contributed by atoms with E-state index in [-0.39, 0.29) is 0 Å². The van der Waals surface area contributed by atoms with Crippen LogP contribution in [0.4, 0.5) is 0 Å². The molecular formula is C13H26O. The van der Waals surface area contributed by atoms with Gasteiger partial charge in [-0.1, -0.05) is 44.6 Å². The molecule has 84 valence electrons. The first-order valence-electron chi connectivity index (χ1n) is 6.01. The molecule has 0 fully saturated rings. The third-order valence-electron chi connectivity index (χ3n) is 2.51. The predicted octanol–water partition coefficient (Wildman–Crippen LogP) is 4.33. The molecule has 14 heavy (non-hydrogen) atoms. The first-order chi connectivity index (χ1) is 6.91. The van der Waals surface area contributed by atoms with Gasteiger partial charge < -0.3 is 4.74 Å². The predicted molar refractivity (Wildman–Crippen MR) is 63.6 cm³/mol. The van der Waals surface area contributed by atoms with E-state index in [1.807, 2.05) is 6.08 Å². The van der Waals surface area contributed by atoms with Crippen molar-refractivity contribution in [3.05, 3.63) is 12.7 Å². The molecule has 0 aliphatic carbocycles. The van der Waals surface area contributed by atoms with Crippen LogP contribution in [0.5, 0.6) is 0 Å². The molecule has 1 heteroatoms. The van der Waals surface area contributed by atoms with E-state index in [1.54, 1.807) is 7.11 Å². The summed E-state index contributed by atoms with van der Waals surface area (Å²) in [7, 11) is 1.78. The van der Waals surface area contributed by atoms with Crippen molar-refractivity contribution < 1.29 is 4.74 Å². The molecule has 0 bridgehead atoms. The van der Waals surface area contributed by atoms with Gasteiger partial charge in [0.2, 0.25) is 0 Å². The summed E-state index contributed by atoms with van der Waals surface area (Å²) >= 11 is 0. The molecule has 0 aliphatic heterocycles. The van der Waals surface area contributed by atoms with Crippen LogP contribution in [0.3, 0.4) is 0 Å². The highest BCUT2D eigenvalue weighted by atomic mass is 16.5. The zero-order valence-corrected chi connectivity index (χ0v) is 9.76. The van der Waals surface area contributed by atoms with Gasteiger partial charge in [-0.25, -0.2) is 0 Å². The van der Waals surface area contributed by atoms with Gasteiger partial charge in [0.05, 0.1) is 0 Å². The minimum absolute atomic E-state index is 0.930. The lowest BCUT2D eigenvalue weighted by Gasteiger charge is -2.01. The molecule has 0 aliphatic rings. The standard InChI is InChI=1S/C13H26O/c1-3-4-5-6-7-8-9-10-11-12-13-14-2/h3H,1,4-13H2,2H3. The normalized spacial score (nSPS) is 10.4. The SMILES string of the molecule is C=CCCCCCCCCCCOC. The summed E-state index contributed by atoms with van der Waals surface area (Å²) in [5.74, 6) is 0. The van der Waals surface area contributed by atoms with Gasteiger partial charge >= 0.3 is 0 Å². The Morgan fingerprint density at radius 3 is 1.86 bits per heavy atom. The number of allylic oxidation sites excluding steroid dienone is 1. The minimum atomic E-state index is 0.930. The van der Waals surface area contributed by atoms with Gasteiger partial charge in [0.25, 0.3) is 0 Å². The summed E-state index contributed by atoms with van der Waals surface area (Å²) in [5.41, 5.74) is 0. The maximum atomic E-state index is 5.00. The molecule has 0 spiro atoms. The highest BCUT2D eigenvalue weighted by Crippen LogP contribution is 2.09. The smallest absolute Gasteiger partial charge is 0.0462 e. The van der Waals surface area contributed by atoms with Crippen LogP contribution in [-0.2, 0) is 4.74 Å². The van der Waals surface area contributed by atoms with Crippen LogP contribution in [0, 0.1) is 0 Å². The lowest BCUT2D eigenvalue weighted by Crippen LogP contribution is -1.88. The van der Waals surface area contributed by atoms with Crippen molar-refractivity contribution in [2.24, 2.45) is 0 Å². The van der Waals surface area contributed by atoms with Crippen molar-refractivity contribution >= 4 is 0 Å². The highest BCUT2D eigenvalue weighted by Gasteiger charge is 1.91. The van der Waals surface area contributed by atoms with Crippen molar-refractivity contribution in [3.8, 4) is 0 Å². The lowest BCUT2D eigenvalue weighted by atomic mass is 10.1. The van der Waals surface area contributed by atoms with E-state index in [0.717, 1.165) is 6.61 Å². The van der Waals surface area contributed by atoms with Crippen LogP contribution in [-0.4, -0.2) is 13.7 Å². The lowest BCUT2D eigenvalue weighted by molar-refractivity contribution is 0.192. The number of unbranched alkanes of at least 4 members (excludes halogenated alkanes) is 8. The Morgan fingerprint density at radius 2 is 1.36 bits per heavy atom. The maximum Gasteiger partial charge on any atom is 0.0462 e. The van der Waals surface area contributed by atoms with Crippen LogP contribution in [0.15, 0.2) is 12.7 Å². The monoisotopic (exact) mass is 198 g/mol. The third kappa shape index (κ3) is 11.7. The van der Waals surface area contributed by atoms with E-state index < -0.39 is 0 Å². The van der Waals surface area contributed by atoms with E-state index in [4.69, 9.17) is 4.74 Å². The molecule has 0 aromatic heterocycles. The number of hydrogen-bond donors (Lipinski definition) is 0. The Kier molecular flexibility index (Phi) is 12.4. The molecule has 0 saturated carbocycles. The van der Waals surface area contributed by atoms with Gasteiger partial charge in [-0.05, 0) is 19.3 Å². The van der Waals surface area contributed by atoms with Gasteiger partial charge in [-0.2, -0.15) is 0 Å². The Morgan fingerprint density at radius 1 is 0.857 bits per heavy atom. The van der Waals surface area contributed by atoms with Gasteiger partial charge in [0.1, 0.15) is 0 Å². The first kappa shape index (κ1) is 13.7. The average Bonchev–Trinajstić information content (AvgIpc) is 2.21. The van der Waals surface area contributed by atoms with E-state index in [0.29, 0.717) is 0 Å². The van der Waals surface area contributed by atoms with E-state index >= 15 is 0 Å². The molecule has 1 nitrogen and oxygen atoms in total. The molecule has 0 aromatic carbocycles. The summed E-state index contributed by atoms with van der Waals surface area (Å²) in [4.78, 5) is 0. The zero-order valence-electron chi connectivity index (χ0n) is 9.76. The van der Waals surface area contributed by atoms with E-state index in [9.17, 15) is 0 Å². The zero-order chi connectivity index (χ0) is 10.5. The van der Waals surface area contributed by atoms with Crippen LogP contribution in [0.25, 0.3) is 0 Å². The fraction of sp³-hybridized carbons (Fsp3) is 0.846. The summed E-state index contributed by atoms with van der Waals surface area (Å²) in [6.45, 7) is 4.65. The van der Waals surface area contributed by atoms with E-state index in [2.05, 4.69) is 6.58 Å². The summed E-state index contributed by atoms with van der Waals surface area (Å²) in [6.07, 6.45) is 14.1. The van der Waals surface area contributed by atoms with Crippen molar-refractivity contribution in [2.45, 2.75) is 57.8 Å². The average molecular weight is 198 g/mol. The quantitative estimate of drug-likeness (QED) is 0.355. The van der Waals surface area contributed by atoms with Gasteiger partial charge in [0, 0.05) is 13.7 Å². The molecule has 0 rings (SSSR count). The molecule has 0 amide bonds. The van der Waals surface area contributed by atoms with Crippen LogP contribution in [0.1, 0.15) is 57.8 Å². The van der Waals surface area contributed by atoms with Crippen LogP contribution in [0.2, 0.25) is 0 Å². The number of hydrogen-bond acceptors (Lipinski definition) is 1. The second kappa shape index (κ2) is 12.7. The van der Waals surface area contributed by atoms with Crippen LogP contribution < -0.4 is 0 Å². The number of rotatable bonds is 11. The van der Waals surface area contributed by atoms with Crippen molar-refractivity contribution in [3.63, 3.8) is 0 Å². The molecule has 0 aromatic rings. The molecule has 0 atom stereocenters. The first-order valence-corrected chi connectivity index (χ1v) is 6.01. The molecule has 0 unspecified atom stereocenters. The maximum absolute atomic E-state index is 5.00. The van der Waals surface area contributed by atoms with Gasteiger partial charge in [-0.15, -0.1) is 6.58 Å². The van der Waals surface area contributed by atoms with Crippen molar-refractivity contribution in [1.29, 1.82) is 0 Å². The molecule has 0 heterocycles. The number of ether oxygens (including phenoxy) is 1. The molecule has 0 saturated heterocycles.